The highest BCUT2D eigenvalue weighted by Crippen LogP contribution is 2.29. The van der Waals surface area contributed by atoms with E-state index in [0.29, 0.717) is 25.1 Å². The molecule has 110 valence electrons. The molecule has 1 aromatic rings. The molecule has 5 heteroatoms. The van der Waals surface area contributed by atoms with Crippen molar-refractivity contribution in [1.29, 1.82) is 0 Å². The van der Waals surface area contributed by atoms with Crippen LogP contribution in [0.15, 0.2) is 18.2 Å². The standard InChI is InChI=1S/C15H19F2NO2/c1-15(2,3)20-14(19)18-5-4-10(9-18)11-6-12(16)8-13(17)7-11/h6-8,10H,4-5,9H2,1-3H3/t10-/m0/s1. The summed E-state index contributed by atoms with van der Waals surface area (Å²) in [5.41, 5.74) is 0.0497. The van der Waals surface area contributed by atoms with Gasteiger partial charge < -0.3 is 9.64 Å². The van der Waals surface area contributed by atoms with Gasteiger partial charge >= 0.3 is 6.09 Å². The monoisotopic (exact) mass is 283 g/mol. The Balaban J connectivity index is 2.03. The first-order valence-electron chi connectivity index (χ1n) is 6.68. The third kappa shape index (κ3) is 3.68. The summed E-state index contributed by atoms with van der Waals surface area (Å²) in [7, 11) is 0. The molecule has 0 spiro atoms. The highest BCUT2D eigenvalue weighted by molar-refractivity contribution is 5.68. The van der Waals surface area contributed by atoms with Crippen molar-refractivity contribution in [2.45, 2.75) is 38.7 Å². The second-order valence-corrected chi connectivity index (χ2v) is 6.11. The molecule has 0 radical (unpaired) electrons. The molecule has 0 aliphatic carbocycles. The minimum atomic E-state index is -0.587. The summed E-state index contributed by atoms with van der Waals surface area (Å²) in [6.07, 6.45) is 0.305. The highest BCUT2D eigenvalue weighted by Gasteiger charge is 2.30. The molecule has 1 saturated heterocycles. The van der Waals surface area contributed by atoms with Crippen molar-refractivity contribution >= 4 is 6.09 Å². The molecule has 1 aliphatic heterocycles. The van der Waals surface area contributed by atoms with Gasteiger partial charge in [0, 0.05) is 25.1 Å². The lowest BCUT2D eigenvalue weighted by atomic mass is 9.98. The fourth-order valence-corrected chi connectivity index (χ4v) is 2.34. The molecular formula is C15H19F2NO2. The zero-order chi connectivity index (χ0) is 14.9. The SMILES string of the molecule is CC(C)(C)OC(=O)N1CC[C@H](c2cc(F)cc(F)c2)C1. The van der Waals surface area contributed by atoms with Gasteiger partial charge in [-0.05, 0) is 44.9 Å². The molecular weight excluding hydrogens is 264 g/mol. The molecule has 1 fully saturated rings. The van der Waals surface area contributed by atoms with Crippen LogP contribution in [0, 0.1) is 11.6 Å². The lowest BCUT2D eigenvalue weighted by Gasteiger charge is -2.24. The van der Waals surface area contributed by atoms with Gasteiger partial charge in [0.1, 0.15) is 17.2 Å². The maximum atomic E-state index is 13.2. The van der Waals surface area contributed by atoms with Crippen molar-refractivity contribution in [3.8, 4) is 0 Å². The van der Waals surface area contributed by atoms with Crippen molar-refractivity contribution in [2.75, 3.05) is 13.1 Å². The smallest absolute Gasteiger partial charge is 0.410 e. The minimum absolute atomic E-state index is 0.0484. The van der Waals surface area contributed by atoms with Crippen LogP contribution in [0.1, 0.15) is 38.7 Å². The van der Waals surface area contributed by atoms with Gasteiger partial charge in [0.05, 0.1) is 0 Å². The summed E-state index contributed by atoms with van der Waals surface area (Å²) in [4.78, 5) is 13.5. The lowest BCUT2D eigenvalue weighted by Crippen LogP contribution is -2.35. The second-order valence-electron chi connectivity index (χ2n) is 6.11. The summed E-state index contributed by atoms with van der Waals surface area (Å²) in [6.45, 7) is 6.39. The maximum absolute atomic E-state index is 13.2. The number of benzene rings is 1. The van der Waals surface area contributed by atoms with E-state index >= 15 is 0 Å². The molecule has 0 saturated carbocycles. The number of carbonyl (C=O) groups excluding carboxylic acids is 1. The van der Waals surface area contributed by atoms with Gasteiger partial charge in [0.2, 0.25) is 0 Å². The predicted octanol–water partition coefficient (Wildman–Crippen LogP) is 3.69. The summed E-state index contributed by atoms with van der Waals surface area (Å²) in [6, 6.07) is 3.50. The van der Waals surface area contributed by atoms with Crippen LogP contribution in [-0.2, 0) is 4.74 Å². The molecule has 1 atom stereocenters. The number of rotatable bonds is 1. The molecule has 0 aromatic heterocycles. The summed E-state index contributed by atoms with van der Waals surface area (Å²) < 4.78 is 31.7. The fraction of sp³-hybridized carbons (Fsp3) is 0.533. The van der Waals surface area contributed by atoms with Gasteiger partial charge in [-0.2, -0.15) is 0 Å². The topological polar surface area (TPSA) is 29.5 Å². The maximum Gasteiger partial charge on any atom is 0.410 e. The van der Waals surface area contributed by atoms with Crippen molar-refractivity contribution in [1.82, 2.24) is 4.90 Å². The van der Waals surface area contributed by atoms with Crippen LogP contribution >= 0.6 is 0 Å². The van der Waals surface area contributed by atoms with E-state index in [2.05, 4.69) is 0 Å². The number of nitrogens with zero attached hydrogens (tertiary/aromatic N) is 1. The van der Waals surface area contributed by atoms with Crippen LogP contribution < -0.4 is 0 Å². The van der Waals surface area contributed by atoms with Gasteiger partial charge in [0.15, 0.2) is 0 Å². The summed E-state index contributed by atoms with van der Waals surface area (Å²) in [5, 5.41) is 0. The molecule has 2 rings (SSSR count). The minimum Gasteiger partial charge on any atom is -0.444 e. The Kier molecular flexibility index (Phi) is 3.97. The number of ether oxygens (including phenoxy) is 1. The average Bonchev–Trinajstić information content (AvgIpc) is 2.74. The van der Waals surface area contributed by atoms with Crippen LogP contribution in [0.2, 0.25) is 0 Å². The van der Waals surface area contributed by atoms with E-state index in [0.717, 1.165) is 6.07 Å². The molecule has 3 nitrogen and oxygen atoms in total. The van der Waals surface area contributed by atoms with Gasteiger partial charge in [-0.1, -0.05) is 0 Å². The highest BCUT2D eigenvalue weighted by atomic mass is 19.1. The van der Waals surface area contributed by atoms with E-state index < -0.39 is 17.2 Å². The van der Waals surface area contributed by atoms with Crippen LogP contribution in [-0.4, -0.2) is 29.7 Å². The van der Waals surface area contributed by atoms with E-state index in [1.807, 2.05) is 0 Å². The Morgan fingerprint density at radius 2 is 1.85 bits per heavy atom. The molecule has 1 aliphatic rings. The first-order chi connectivity index (χ1) is 9.24. The Labute approximate surface area is 117 Å². The quantitative estimate of drug-likeness (QED) is 0.786. The third-order valence-electron chi connectivity index (χ3n) is 3.20. The van der Waals surface area contributed by atoms with Gasteiger partial charge in [-0.15, -0.1) is 0 Å². The predicted molar refractivity (Wildman–Crippen MR) is 71.5 cm³/mol. The number of halogens is 2. The molecule has 0 bridgehead atoms. The van der Waals surface area contributed by atoms with Crippen LogP contribution in [0.25, 0.3) is 0 Å². The molecule has 0 unspecified atom stereocenters. The van der Waals surface area contributed by atoms with E-state index in [1.54, 1.807) is 25.7 Å². The Morgan fingerprint density at radius 1 is 1.25 bits per heavy atom. The van der Waals surface area contributed by atoms with Crippen LogP contribution in [0.4, 0.5) is 13.6 Å². The number of amides is 1. The van der Waals surface area contributed by atoms with Crippen molar-refractivity contribution in [3.63, 3.8) is 0 Å². The van der Waals surface area contributed by atoms with E-state index in [9.17, 15) is 13.6 Å². The summed E-state index contributed by atoms with van der Waals surface area (Å²) >= 11 is 0. The summed E-state index contributed by atoms with van der Waals surface area (Å²) in [5.74, 6) is -1.22. The van der Waals surface area contributed by atoms with Crippen molar-refractivity contribution in [2.24, 2.45) is 0 Å². The Morgan fingerprint density at radius 3 is 2.40 bits per heavy atom. The van der Waals surface area contributed by atoms with E-state index in [-0.39, 0.29) is 12.0 Å². The first kappa shape index (κ1) is 14.8. The fourth-order valence-electron chi connectivity index (χ4n) is 2.34. The largest absolute Gasteiger partial charge is 0.444 e. The zero-order valence-electron chi connectivity index (χ0n) is 12.0. The number of carbonyl (C=O) groups is 1. The number of likely N-dealkylation sites (tertiary alicyclic amines) is 1. The third-order valence-corrected chi connectivity index (χ3v) is 3.20. The normalized spacial score (nSPS) is 19.2. The van der Waals surface area contributed by atoms with Crippen molar-refractivity contribution in [3.05, 3.63) is 35.4 Å². The first-order valence-corrected chi connectivity index (χ1v) is 6.68. The Bertz CT molecular complexity index is 491. The van der Waals surface area contributed by atoms with Crippen molar-refractivity contribution < 1.29 is 18.3 Å². The number of hydrogen-bond donors (Lipinski definition) is 0. The van der Waals surface area contributed by atoms with Gasteiger partial charge in [-0.25, -0.2) is 13.6 Å². The van der Waals surface area contributed by atoms with Gasteiger partial charge in [-0.3, -0.25) is 0 Å². The molecule has 0 N–H and O–H groups in total. The van der Waals surface area contributed by atoms with Crippen LogP contribution in [0.5, 0.6) is 0 Å². The van der Waals surface area contributed by atoms with Gasteiger partial charge in [0.25, 0.3) is 0 Å². The average molecular weight is 283 g/mol. The molecule has 1 aromatic carbocycles. The number of hydrogen-bond acceptors (Lipinski definition) is 2. The van der Waals surface area contributed by atoms with Crippen LogP contribution in [0.3, 0.4) is 0 Å². The lowest BCUT2D eigenvalue weighted by molar-refractivity contribution is 0.0292. The molecule has 20 heavy (non-hydrogen) atoms. The van der Waals surface area contributed by atoms with E-state index in [4.69, 9.17) is 4.74 Å². The Hall–Kier alpha value is -1.65. The zero-order valence-corrected chi connectivity index (χ0v) is 12.0. The second kappa shape index (κ2) is 5.38. The molecule has 1 amide bonds. The molecule has 1 heterocycles. The van der Waals surface area contributed by atoms with E-state index in [1.165, 1.54) is 12.1 Å².